The van der Waals surface area contributed by atoms with Gasteiger partial charge in [-0.2, -0.15) is 4.31 Å². The molecule has 6 heteroatoms. The van der Waals surface area contributed by atoms with E-state index in [1.165, 1.54) is 0 Å². The summed E-state index contributed by atoms with van der Waals surface area (Å²) in [5.74, 6) is 0. The lowest BCUT2D eigenvalue weighted by molar-refractivity contribution is 0.392. The predicted octanol–water partition coefficient (Wildman–Crippen LogP) is 4.17. The van der Waals surface area contributed by atoms with Gasteiger partial charge in [0.2, 0.25) is 10.0 Å². The molecule has 1 aromatic heterocycles. The van der Waals surface area contributed by atoms with Crippen LogP contribution >= 0.6 is 11.3 Å². The van der Waals surface area contributed by atoms with Crippen molar-refractivity contribution < 1.29 is 8.42 Å². The van der Waals surface area contributed by atoms with Crippen LogP contribution in [0.3, 0.4) is 0 Å². The van der Waals surface area contributed by atoms with E-state index in [9.17, 15) is 8.42 Å². The van der Waals surface area contributed by atoms with Crippen LogP contribution in [0, 0.1) is 13.8 Å². The molecule has 0 N–H and O–H groups in total. The molecule has 2 aromatic carbocycles. The molecular formula is C20H20N2O2S2. The van der Waals surface area contributed by atoms with Crippen molar-refractivity contribution in [2.45, 2.75) is 31.7 Å². The zero-order valence-electron chi connectivity index (χ0n) is 14.8. The monoisotopic (exact) mass is 384 g/mol. The van der Waals surface area contributed by atoms with Gasteiger partial charge in [0, 0.05) is 23.4 Å². The summed E-state index contributed by atoms with van der Waals surface area (Å²) in [5, 5.41) is 0.960. The van der Waals surface area contributed by atoms with Crippen molar-refractivity contribution in [3.8, 4) is 10.6 Å². The van der Waals surface area contributed by atoms with Gasteiger partial charge in [-0.3, -0.25) is 0 Å². The average molecular weight is 385 g/mol. The van der Waals surface area contributed by atoms with Crippen molar-refractivity contribution in [3.05, 3.63) is 70.2 Å². The molecule has 0 unspecified atom stereocenters. The van der Waals surface area contributed by atoms with Crippen molar-refractivity contribution in [2.24, 2.45) is 0 Å². The van der Waals surface area contributed by atoms with E-state index in [-0.39, 0.29) is 0 Å². The Labute approximate surface area is 158 Å². The lowest BCUT2D eigenvalue weighted by Crippen LogP contribution is -2.35. The quantitative estimate of drug-likeness (QED) is 0.681. The summed E-state index contributed by atoms with van der Waals surface area (Å²) in [7, 11) is -3.50. The Balaban J connectivity index is 1.65. The van der Waals surface area contributed by atoms with Crippen LogP contribution in [0.2, 0.25) is 0 Å². The van der Waals surface area contributed by atoms with Gasteiger partial charge < -0.3 is 0 Å². The van der Waals surface area contributed by atoms with Gasteiger partial charge in [-0.05, 0) is 25.5 Å². The summed E-state index contributed by atoms with van der Waals surface area (Å²) in [6.45, 7) is 4.70. The molecule has 4 nitrogen and oxygen atoms in total. The highest BCUT2D eigenvalue weighted by Crippen LogP contribution is 2.33. The maximum atomic E-state index is 13.1. The minimum absolute atomic E-state index is 0.398. The van der Waals surface area contributed by atoms with Gasteiger partial charge in [0.05, 0.1) is 17.1 Å². The Bertz CT molecular complexity index is 1060. The lowest BCUT2D eigenvalue weighted by Gasteiger charge is -2.26. The zero-order valence-corrected chi connectivity index (χ0v) is 16.4. The van der Waals surface area contributed by atoms with Crippen molar-refractivity contribution in [2.75, 3.05) is 6.54 Å². The van der Waals surface area contributed by atoms with Gasteiger partial charge in [-0.1, -0.05) is 48.0 Å². The SMILES string of the molecule is Cc1ccc(S(=O)(=O)N2CCc3nc(-c4ccccc4)sc3C2)c(C)c1. The van der Waals surface area contributed by atoms with Crippen LogP contribution in [0.5, 0.6) is 0 Å². The highest BCUT2D eigenvalue weighted by Gasteiger charge is 2.31. The Kier molecular flexibility index (Phi) is 4.42. The van der Waals surface area contributed by atoms with E-state index >= 15 is 0 Å². The molecular weight excluding hydrogens is 364 g/mol. The molecule has 0 saturated carbocycles. The van der Waals surface area contributed by atoms with Crippen LogP contribution < -0.4 is 0 Å². The second kappa shape index (κ2) is 6.61. The number of hydrogen-bond acceptors (Lipinski definition) is 4. The number of hydrogen-bond donors (Lipinski definition) is 0. The molecule has 0 fully saturated rings. The fourth-order valence-corrected chi connectivity index (χ4v) is 6.13. The van der Waals surface area contributed by atoms with Crippen LogP contribution in [0.1, 0.15) is 21.7 Å². The zero-order chi connectivity index (χ0) is 18.3. The number of aromatic nitrogens is 1. The van der Waals surface area contributed by atoms with Crippen molar-refractivity contribution >= 4 is 21.4 Å². The number of fused-ring (bicyclic) bond motifs is 1. The van der Waals surface area contributed by atoms with Gasteiger partial charge in [0.25, 0.3) is 0 Å². The van der Waals surface area contributed by atoms with Crippen LogP contribution in [0.4, 0.5) is 0 Å². The first-order chi connectivity index (χ1) is 12.4. The van der Waals surface area contributed by atoms with E-state index in [1.54, 1.807) is 21.7 Å². The van der Waals surface area contributed by atoms with Crippen LogP contribution in [0.15, 0.2) is 53.4 Å². The maximum Gasteiger partial charge on any atom is 0.243 e. The molecule has 1 aliphatic heterocycles. The molecule has 0 radical (unpaired) electrons. The highest BCUT2D eigenvalue weighted by atomic mass is 32.2. The smallest absolute Gasteiger partial charge is 0.241 e. The summed E-state index contributed by atoms with van der Waals surface area (Å²) in [5.41, 5.74) is 3.97. The Morgan fingerprint density at radius 2 is 1.85 bits per heavy atom. The normalized spacial score (nSPS) is 15.0. The number of nitrogens with zero attached hydrogens (tertiary/aromatic N) is 2. The van der Waals surface area contributed by atoms with Gasteiger partial charge in [-0.15, -0.1) is 11.3 Å². The lowest BCUT2D eigenvalue weighted by atomic mass is 10.2. The number of rotatable bonds is 3. The predicted molar refractivity (Wildman–Crippen MR) is 105 cm³/mol. The summed E-state index contributed by atoms with van der Waals surface area (Å²) in [4.78, 5) is 6.18. The fraction of sp³-hybridized carbons (Fsp3) is 0.250. The topological polar surface area (TPSA) is 50.3 Å². The standard InChI is InChI=1S/C20H20N2O2S2/c1-14-8-9-19(15(2)12-14)26(23,24)22-11-10-17-18(13-22)25-20(21-17)16-6-4-3-5-7-16/h3-9,12H,10-11,13H2,1-2H3. The molecule has 3 aromatic rings. The van der Waals surface area contributed by atoms with Gasteiger partial charge >= 0.3 is 0 Å². The van der Waals surface area contributed by atoms with E-state index in [4.69, 9.17) is 4.98 Å². The molecule has 0 atom stereocenters. The van der Waals surface area contributed by atoms with Gasteiger partial charge in [-0.25, -0.2) is 13.4 Å². The molecule has 0 aliphatic carbocycles. The third kappa shape index (κ3) is 3.09. The number of benzene rings is 2. The van der Waals surface area contributed by atoms with Crippen molar-refractivity contribution in [1.29, 1.82) is 0 Å². The molecule has 0 bridgehead atoms. The molecule has 4 rings (SSSR count). The van der Waals surface area contributed by atoms with Crippen LogP contribution in [-0.2, 0) is 23.0 Å². The van der Waals surface area contributed by atoms with Gasteiger partial charge in [0.15, 0.2) is 0 Å². The first-order valence-electron chi connectivity index (χ1n) is 8.56. The second-order valence-electron chi connectivity index (χ2n) is 6.61. The largest absolute Gasteiger partial charge is 0.243 e. The minimum Gasteiger partial charge on any atom is -0.241 e. The molecule has 134 valence electrons. The molecule has 26 heavy (non-hydrogen) atoms. The first kappa shape index (κ1) is 17.4. The fourth-order valence-electron chi connectivity index (χ4n) is 3.31. The molecule has 0 saturated heterocycles. The summed E-state index contributed by atoms with van der Waals surface area (Å²) in [6.07, 6.45) is 0.656. The second-order valence-corrected chi connectivity index (χ2v) is 9.60. The van der Waals surface area contributed by atoms with E-state index < -0.39 is 10.0 Å². The minimum atomic E-state index is -3.50. The Hall–Kier alpha value is -2.02. The number of thiazole rings is 1. The molecule has 0 amide bonds. The Morgan fingerprint density at radius 1 is 1.08 bits per heavy atom. The van der Waals surface area contributed by atoms with E-state index in [0.29, 0.717) is 24.4 Å². The number of aryl methyl sites for hydroxylation is 2. The number of sulfonamides is 1. The summed E-state index contributed by atoms with van der Waals surface area (Å²) in [6, 6.07) is 15.5. The molecule has 0 spiro atoms. The molecule has 2 heterocycles. The summed E-state index contributed by atoms with van der Waals surface area (Å²) < 4.78 is 27.8. The van der Waals surface area contributed by atoms with Crippen molar-refractivity contribution in [1.82, 2.24) is 9.29 Å². The third-order valence-electron chi connectivity index (χ3n) is 4.67. The summed E-state index contributed by atoms with van der Waals surface area (Å²) >= 11 is 1.59. The maximum absolute atomic E-state index is 13.1. The highest BCUT2D eigenvalue weighted by molar-refractivity contribution is 7.89. The Morgan fingerprint density at radius 3 is 2.58 bits per heavy atom. The van der Waals surface area contributed by atoms with Gasteiger partial charge in [0.1, 0.15) is 5.01 Å². The molecule has 1 aliphatic rings. The van der Waals surface area contributed by atoms with Crippen molar-refractivity contribution in [3.63, 3.8) is 0 Å². The average Bonchev–Trinajstić information content (AvgIpc) is 3.05. The third-order valence-corrected chi connectivity index (χ3v) is 7.80. The van der Waals surface area contributed by atoms with Crippen LogP contribution in [0.25, 0.3) is 10.6 Å². The van der Waals surface area contributed by atoms with E-state index in [1.807, 2.05) is 56.3 Å². The first-order valence-corrected chi connectivity index (χ1v) is 10.8. The van der Waals surface area contributed by atoms with Crippen LogP contribution in [-0.4, -0.2) is 24.3 Å². The van der Waals surface area contributed by atoms with E-state index in [0.717, 1.165) is 32.3 Å². The van der Waals surface area contributed by atoms with E-state index in [2.05, 4.69) is 0 Å².